The topological polar surface area (TPSA) is 94.9 Å². The highest BCUT2D eigenvalue weighted by molar-refractivity contribution is 5.62. The standard InChI is InChI=1S/C18H23NO3.C17H21NO3/c1-19-8-7-18-11-4-5-13(20)17(18)22-16-14(21-2)6-3-10(15(16)18)9-12(11)19;1-18-7-6-17-10-3-5-13(20)16(17)21-15-12(19)4-2-9(14(15)17)8-11(10)18/h3,6,11-13,17,20H,4-5,7-9H2,1-2H3;2,4,10-11,13,16,19-20H,3,5-8H2,1H3/t11?,12-,13+,17+,18+;10?,11-,13+,16+,17+/m11/s1. The lowest BCUT2D eigenvalue weighted by Crippen LogP contribution is -2.66. The van der Waals surface area contributed by atoms with Gasteiger partial charge in [-0.15, -0.1) is 0 Å². The minimum absolute atomic E-state index is 0.00625. The fourth-order valence-electron chi connectivity index (χ4n) is 11.6. The summed E-state index contributed by atoms with van der Waals surface area (Å²) < 4.78 is 18.0. The van der Waals surface area contributed by atoms with Crippen molar-refractivity contribution in [3.63, 3.8) is 0 Å². The van der Waals surface area contributed by atoms with E-state index < -0.39 is 6.10 Å². The lowest BCUT2D eigenvalue weighted by atomic mass is 9.51. The molecule has 0 amide bonds. The monoisotopic (exact) mass is 588 g/mol. The second kappa shape index (κ2) is 9.03. The predicted molar refractivity (Wildman–Crippen MR) is 160 cm³/mol. The van der Waals surface area contributed by atoms with Crippen LogP contribution in [0.3, 0.4) is 0 Å². The van der Waals surface area contributed by atoms with Gasteiger partial charge in [0.1, 0.15) is 12.2 Å². The Bertz CT molecular complexity index is 1500. The van der Waals surface area contributed by atoms with Gasteiger partial charge in [-0.2, -0.15) is 0 Å². The molecule has 4 aliphatic carbocycles. The summed E-state index contributed by atoms with van der Waals surface area (Å²) in [5, 5.41) is 31.4. The lowest BCUT2D eigenvalue weighted by Gasteiger charge is -2.58. The molecule has 8 heteroatoms. The summed E-state index contributed by atoms with van der Waals surface area (Å²) in [4.78, 5) is 5.01. The van der Waals surface area contributed by atoms with E-state index in [9.17, 15) is 15.3 Å². The number of aliphatic hydroxyl groups is 2. The number of hydrogen-bond donors (Lipinski definition) is 3. The van der Waals surface area contributed by atoms with Crippen molar-refractivity contribution >= 4 is 0 Å². The van der Waals surface area contributed by atoms with Gasteiger partial charge in [-0.3, -0.25) is 0 Å². The molecule has 8 nitrogen and oxygen atoms in total. The molecule has 3 N–H and O–H groups in total. The number of phenolic OH excluding ortho intramolecular Hbond substituents is 1. The molecule has 2 spiro atoms. The first-order valence-electron chi connectivity index (χ1n) is 16.4. The average Bonchev–Trinajstić information content (AvgIpc) is 3.55. The number of ether oxygens (including phenoxy) is 3. The van der Waals surface area contributed by atoms with Crippen LogP contribution in [0.25, 0.3) is 0 Å². The second-order valence-corrected chi connectivity index (χ2v) is 14.7. The van der Waals surface area contributed by atoms with E-state index in [1.165, 1.54) is 22.3 Å². The van der Waals surface area contributed by atoms with Gasteiger partial charge in [0.25, 0.3) is 0 Å². The Morgan fingerprint density at radius 1 is 0.744 bits per heavy atom. The summed E-state index contributed by atoms with van der Waals surface area (Å²) >= 11 is 0. The highest BCUT2D eigenvalue weighted by Gasteiger charge is 2.66. The van der Waals surface area contributed by atoms with E-state index in [2.05, 4.69) is 36.0 Å². The Morgan fingerprint density at radius 2 is 1.26 bits per heavy atom. The number of likely N-dealkylation sites (N-methyl/N-ethyl adjacent to an activating group) is 2. The maximum absolute atomic E-state index is 10.6. The summed E-state index contributed by atoms with van der Waals surface area (Å²) in [5.41, 5.74) is 5.24. The van der Waals surface area contributed by atoms with Crippen LogP contribution >= 0.6 is 0 Å². The van der Waals surface area contributed by atoms with Crippen molar-refractivity contribution in [2.75, 3.05) is 34.3 Å². The van der Waals surface area contributed by atoms with Crippen LogP contribution in [0.5, 0.6) is 23.0 Å². The fraction of sp³-hybridized carbons (Fsp3) is 0.657. The molecule has 2 aromatic carbocycles. The Kier molecular flexibility index (Phi) is 5.63. The van der Waals surface area contributed by atoms with E-state index in [4.69, 9.17) is 14.2 Å². The molecule has 2 saturated carbocycles. The largest absolute Gasteiger partial charge is 0.504 e. The van der Waals surface area contributed by atoms with Crippen LogP contribution in [0, 0.1) is 11.8 Å². The maximum Gasteiger partial charge on any atom is 0.165 e. The van der Waals surface area contributed by atoms with Crippen LogP contribution in [-0.4, -0.2) is 95.9 Å². The van der Waals surface area contributed by atoms with E-state index >= 15 is 0 Å². The number of aromatic hydroxyl groups is 1. The number of hydrogen-bond acceptors (Lipinski definition) is 8. The van der Waals surface area contributed by atoms with Crippen molar-refractivity contribution in [2.24, 2.45) is 11.8 Å². The molecular weight excluding hydrogens is 544 g/mol. The van der Waals surface area contributed by atoms with Gasteiger partial charge in [-0.1, -0.05) is 12.1 Å². The van der Waals surface area contributed by atoms with Gasteiger partial charge in [-0.25, -0.2) is 0 Å². The molecule has 10 rings (SSSR count). The minimum atomic E-state index is -0.414. The van der Waals surface area contributed by atoms with Gasteiger partial charge in [0.15, 0.2) is 23.0 Å². The van der Waals surface area contributed by atoms with Crippen molar-refractivity contribution in [1.29, 1.82) is 0 Å². The van der Waals surface area contributed by atoms with Crippen LogP contribution in [0.15, 0.2) is 24.3 Å². The summed E-state index contributed by atoms with van der Waals surface area (Å²) in [7, 11) is 6.18. The molecule has 4 heterocycles. The SMILES string of the molecule is CN1CC[C@]23c4c5ccc(O)c4O[C@H]2[C@@H](O)CCC3[C@H]1C5.COc1ccc2c3c1O[C@H]1[C@@H](O)CCC4[C@@H](C2)N(C)CC[C@@]341. The normalized spacial score (nSPS) is 42.5. The number of methoxy groups -OCH3 is 1. The summed E-state index contributed by atoms with van der Waals surface area (Å²) in [6.45, 7) is 2.13. The molecule has 2 aromatic rings. The Morgan fingerprint density at radius 3 is 1.81 bits per heavy atom. The first-order chi connectivity index (χ1) is 20.8. The molecule has 230 valence electrons. The number of piperidine rings is 2. The van der Waals surface area contributed by atoms with Gasteiger partial charge < -0.3 is 39.3 Å². The van der Waals surface area contributed by atoms with Crippen LogP contribution in [0.2, 0.25) is 0 Å². The van der Waals surface area contributed by atoms with Gasteiger partial charge in [0.05, 0.1) is 19.3 Å². The van der Waals surface area contributed by atoms with Gasteiger partial charge in [0.2, 0.25) is 0 Å². The van der Waals surface area contributed by atoms with Gasteiger partial charge in [-0.05, 0) is 114 Å². The Hall–Kier alpha value is -2.52. The minimum Gasteiger partial charge on any atom is -0.504 e. The fourth-order valence-corrected chi connectivity index (χ4v) is 11.6. The number of rotatable bonds is 1. The molecule has 4 aliphatic heterocycles. The summed E-state index contributed by atoms with van der Waals surface area (Å²) in [5.74, 6) is 3.78. The molecular formula is C35H44N2O6. The number of benzene rings is 2. The Balaban J connectivity index is 0.000000121. The quantitative estimate of drug-likeness (QED) is 0.468. The molecule has 2 unspecified atom stereocenters. The molecule has 4 bridgehead atoms. The molecule has 8 aliphatic rings. The molecule has 43 heavy (non-hydrogen) atoms. The third kappa shape index (κ3) is 3.21. The lowest BCUT2D eigenvalue weighted by molar-refractivity contribution is -0.0993. The third-order valence-corrected chi connectivity index (χ3v) is 13.3. The highest BCUT2D eigenvalue weighted by Crippen LogP contribution is 2.65. The maximum atomic E-state index is 10.6. The first-order valence-corrected chi connectivity index (χ1v) is 16.4. The van der Waals surface area contributed by atoms with Crippen LogP contribution in [0.4, 0.5) is 0 Å². The van der Waals surface area contributed by atoms with E-state index in [-0.39, 0.29) is 34.9 Å². The van der Waals surface area contributed by atoms with E-state index in [0.717, 1.165) is 76.0 Å². The third-order valence-electron chi connectivity index (χ3n) is 13.3. The second-order valence-electron chi connectivity index (χ2n) is 14.7. The molecule has 2 saturated heterocycles. The zero-order valence-corrected chi connectivity index (χ0v) is 25.5. The van der Waals surface area contributed by atoms with Gasteiger partial charge in [0, 0.05) is 34.0 Å². The number of phenols is 1. The average molecular weight is 589 g/mol. The van der Waals surface area contributed by atoms with E-state index in [1.54, 1.807) is 13.2 Å². The molecule has 4 fully saturated rings. The smallest absolute Gasteiger partial charge is 0.165 e. The number of likely N-dealkylation sites (tertiary alicyclic amines) is 2. The molecule has 0 radical (unpaired) electrons. The van der Waals surface area contributed by atoms with Gasteiger partial charge >= 0.3 is 0 Å². The number of nitrogens with zero attached hydrogens (tertiary/aromatic N) is 2. The molecule has 0 aromatic heterocycles. The Labute approximate surface area is 253 Å². The summed E-state index contributed by atoms with van der Waals surface area (Å²) in [6.07, 6.45) is 7.04. The highest BCUT2D eigenvalue weighted by atomic mass is 16.5. The van der Waals surface area contributed by atoms with E-state index in [0.29, 0.717) is 29.7 Å². The van der Waals surface area contributed by atoms with Crippen molar-refractivity contribution in [3.05, 3.63) is 46.5 Å². The van der Waals surface area contributed by atoms with Crippen molar-refractivity contribution < 1.29 is 29.5 Å². The van der Waals surface area contributed by atoms with E-state index in [1.807, 2.05) is 6.07 Å². The van der Waals surface area contributed by atoms with Crippen molar-refractivity contribution in [1.82, 2.24) is 9.80 Å². The number of aliphatic hydroxyl groups excluding tert-OH is 2. The molecule has 10 atom stereocenters. The van der Waals surface area contributed by atoms with Crippen LogP contribution in [0.1, 0.15) is 60.8 Å². The van der Waals surface area contributed by atoms with Crippen LogP contribution < -0.4 is 14.2 Å². The summed E-state index contributed by atoms with van der Waals surface area (Å²) in [6, 6.07) is 9.19. The van der Waals surface area contributed by atoms with Crippen LogP contribution in [-0.2, 0) is 23.7 Å². The van der Waals surface area contributed by atoms with Crippen molar-refractivity contribution in [3.8, 4) is 23.0 Å². The van der Waals surface area contributed by atoms with Crippen molar-refractivity contribution in [2.45, 2.75) is 98.7 Å². The zero-order valence-electron chi connectivity index (χ0n) is 25.5. The predicted octanol–water partition coefficient (Wildman–Crippen LogP) is 3.15. The first kappa shape index (κ1) is 26.8. The zero-order chi connectivity index (χ0) is 29.4.